The molecule has 0 unspecified atom stereocenters. The molecule has 222 valence electrons. The van der Waals surface area contributed by atoms with Crippen LogP contribution in [0, 0.1) is 0 Å². The van der Waals surface area contributed by atoms with E-state index in [0.717, 1.165) is 87.0 Å². The number of anilines is 3. The molecule has 2 aliphatic heterocycles. The number of morpholine rings is 1. The Labute approximate surface area is 255 Å². The van der Waals surface area contributed by atoms with Crippen LogP contribution in [0.3, 0.4) is 0 Å². The molecule has 0 saturated carbocycles. The van der Waals surface area contributed by atoms with Gasteiger partial charge in [-0.3, -0.25) is 14.5 Å². The molecule has 2 fully saturated rings. The number of halogens is 1. The van der Waals surface area contributed by atoms with Crippen LogP contribution in [0.1, 0.15) is 27.1 Å². The van der Waals surface area contributed by atoms with Crippen LogP contribution >= 0.6 is 15.9 Å². The maximum atomic E-state index is 13.6. The summed E-state index contributed by atoms with van der Waals surface area (Å²) in [7, 11) is 1.69. The number of methoxy groups -OCH3 is 1. The highest BCUT2D eigenvalue weighted by atomic mass is 79.9. The second kappa shape index (κ2) is 14.5. The first-order chi connectivity index (χ1) is 20.5. The fourth-order valence-electron chi connectivity index (χ4n) is 5.41. The van der Waals surface area contributed by atoms with Crippen LogP contribution in [0.25, 0.3) is 0 Å². The van der Waals surface area contributed by atoms with Gasteiger partial charge in [-0.15, -0.1) is 0 Å². The average Bonchev–Trinajstić information content (AvgIpc) is 3.03. The van der Waals surface area contributed by atoms with E-state index in [1.54, 1.807) is 25.3 Å². The number of ether oxygens (including phenoxy) is 2. The van der Waals surface area contributed by atoms with E-state index in [1.165, 1.54) is 0 Å². The Morgan fingerprint density at radius 3 is 2.33 bits per heavy atom. The lowest BCUT2D eigenvalue weighted by atomic mass is 10.1. The first kappa shape index (κ1) is 29.9. The van der Waals surface area contributed by atoms with Gasteiger partial charge >= 0.3 is 0 Å². The Kier molecular flexibility index (Phi) is 10.3. The molecule has 2 heterocycles. The Hall–Kier alpha value is -3.60. The van der Waals surface area contributed by atoms with E-state index in [0.29, 0.717) is 23.4 Å². The van der Waals surface area contributed by atoms with Crippen LogP contribution in [0.15, 0.2) is 71.2 Å². The van der Waals surface area contributed by atoms with Gasteiger partial charge in [-0.2, -0.15) is 0 Å². The van der Waals surface area contributed by atoms with E-state index < -0.39 is 0 Å². The van der Waals surface area contributed by atoms with Crippen LogP contribution < -0.4 is 25.2 Å². The van der Waals surface area contributed by atoms with Gasteiger partial charge < -0.3 is 29.9 Å². The molecule has 3 aromatic rings. The summed E-state index contributed by atoms with van der Waals surface area (Å²) in [5.41, 5.74) is 3.60. The fourth-order valence-corrected chi connectivity index (χ4v) is 5.81. The standard InChI is InChI=1S/C32H38BrN5O4/c1-41-30-9-3-2-8-29(30)38-16-14-37(15-17-38)28-11-10-26(35-31(39)24-6-4-7-25(33)22-24)23-27(28)32(40)34-12-5-13-36-18-20-42-21-19-36/h2-4,6-11,22-23H,5,12-21H2,1H3,(H,34,40)(H,35,39). The maximum absolute atomic E-state index is 13.6. The minimum Gasteiger partial charge on any atom is -0.495 e. The van der Waals surface area contributed by atoms with Crippen molar-refractivity contribution in [1.82, 2.24) is 10.2 Å². The molecule has 0 aliphatic carbocycles. The van der Waals surface area contributed by atoms with E-state index in [1.807, 2.05) is 42.5 Å². The summed E-state index contributed by atoms with van der Waals surface area (Å²) < 4.78 is 11.8. The number of benzene rings is 3. The molecular weight excluding hydrogens is 598 g/mol. The number of carbonyl (C=O) groups excluding carboxylic acids is 2. The SMILES string of the molecule is COc1ccccc1N1CCN(c2ccc(NC(=O)c3cccc(Br)c3)cc2C(=O)NCCCN2CCOCC2)CC1. The molecule has 5 rings (SSSR count). The Bertz CT molecular complexity index is 1370. The molecule has 2 amide bonds. The van der Waals surface area contributed by atoms with Crippen molar-refractivity contribution in [2.75, 3.05) is 87.8 Å². The normalized spacial score (nSPS) is 15.8. The molecule has 2 aliphatic rings. The summed E-state index contributed by atoms with van der Waals surface area (Å²) in [4.78, 5) is 33.4. The first-order valence-corrected chi connectivity index (χ1v) is 15.2. The van der Waals surface area contributed by atoms with Crippen LogP contribution in [-0.4, -0.2) is 89.4 Å². The molecule has 0 bridgehead atoms. The summed E-state index contributed by atoms with van der Waals surface area (Å²) in [5, 5.41) is 6.08. The lowest BCUT2D eigenvalue weighted by Gasteiger charge is -2.38. The number of rotatable bonds is 10. The van der Waals surface area contributed by atoms with Crippen molar-refractivity contribution < 1.29 is 19.1 Å². The van der Waals surface area contributed by atoms with E-state index >= 15 is 0 Å². The molecule has 0 spiro atoms. The number of hydrogen-bond donors (Lipinski definition) is 2. The first-order valence-electron chi connectivity index (χ1n) is 14.4. The monoisotopic (exact) mass is 635 g/mol. The predicted octanol–water partition coefficient (Wildman–Crippen LogP) is 4.49. The van der Waals surface area contributed by atoms with Crippen LogP contribution in [-0.2, 0) is 4.74 Å². The number of nitrogens with one attached hydrogen (secondary N) is 2. The minimum absolute atomic E-state index is 0.141. The van der Waals surface area contributed by atoms with Crippen molar-refractivity contribution in [2.24, 2.45) is 0 Å². The van der Waals surface area contributed by atoms with Crippen LogP contribution in [0.2, 0.25) is 0 Å². The molecule has 3 aromatic carbocycles. The number of amides is 2. The van der Waals surface area contributed by atoms with Crippen molar-refractivity contribution in [2.45, 2.75) is 6.42 Å². The quantitative estimate of drug-likeness (QED) is 0.318. The maximum Gasteiger partial charge on any atom is 0.255 e. The Morgan fingerprint density at radius 2 is 1.60 bits per heavy atom. The highest BCUT2D eigenvalue weighted by molar-refractivity contribution is 9.10. The predicted molar refractivity (Wildman–Crippen MR) is 170 cm³/mol. The number of nitrogens with zero attached hydrogens (tertiary/aromatic N) is 3. The van der Waals surface area contributed by atoms with E-state index in [-0.39, 0.29) is 11.8 Å². The third-order valence-corrected chi connectivity index (χ3v) is 8.17. The zero-order valence-electron chi connectivity index (χ0n) is 24.0. The third-order valence-electron chi connectivity index (χ3n) is 7.67. The molecular formula is C32H38BrN5O4. The number of para-hydroxylation sites is 2. The number of hydrogen-bond acceptors (Lipinski definition) is 7. The Balaban J connectivity index is 1.29. The smallest absolute Gasteiger partial charge is 0.255 e. The summed E-state index contributed by atoms with van der Waals surface area (Å²) in [6.07, 6.45) is 0.859. The fraction of sp³-hybridized carbons (Fsp3) is 0.375. The second-order valence-corrected chi connectivity index (χ2v) is 11.3. The van der Waals surface area contributed by atoms with Crippen LogP contribution in [0.4, 0.5) is 17.1 Å². The van der Waals surface area contributed by atoms with Gasteiger partial charge in [0.25, 0.3) is 11.8 Å². The third kappa shape index (κ3) is 7.61. The van der Waals surface area contributed by atoms with Gasteiger partial charge in [0.2, 0.25) is 0 Å². The molecule has 2 N–H and O–H groups in total. The molecule has 0 aromatic heterocycles. The summed E-state index contributed by atoms with van der Waals surface area (Å²) >= 11 is 3.42. The van der Waals surface area contributed by atoms with Gasteiger partial charge in [0.05, 0.1) is 31.6 Å². The summed E-state index contributed by atoms with van der Waals surface area (Å²) in [5.74, 6) is 0.484. The molecule has 2 saturated heterocycles. The average molecular weight is 637 g/mol. The van der Waals surface area contributed by atoms with Gasteiger partial charge in [0, 0.05) is 67.2 Å². The number of carbonyl (C=O) groups is 2. The van der Waals surface area contributed by atoms with Gasteiger partial charge in [-0.1, -0.05) is 34.1 Å². The van der Waals surface area contributed by atoms with Crippen molar-refractivity contribution in [3.8, 4) is 5.75 Å². The lowest BCUT2D eigenvalue weighted by Crippen LogP contribution is -2.47. The topological polar surface area (TPSA) is 86.4 Å². The minimum atomic E-state index is -0.230. The van der Waals surface area contributed by atoms with Crippen molar-refractivity contribution in [3.63, 3.8) is 0 Å². The molecule has 9 nitrogen and oxygen atoms in total. The highest BCUT2D eigenvalue weighted by Crippen LogP contribution is 2.31. The lowest BCUT2D eigenvalue weighted by molar-refractivity contribution is 0.0374. The zero-order valence-corrected chi connectivity index (χ0v) is 25.6. The van der Waals surface area contributed by atoms with Crippen molar-refractivity contribution in [1.29, 1.82) is 0 Å². The van der Waals surface area contributed by atoms with Crippen molar-refractivity contribution in [3.05, 3.63) is 82.3 Å². The van der Waals surface area contributed by atoms with Crippen molar-refractivity contribution >= 4 is 44.8 Å². The molecule has 10 heteroatoms. The second-order valence-electron chi connectivity index (χ2n) is 10.4. The highest BCUT2D eigenvalue weighted by Gasteiger charge is 2.24. The van der Waals surface area contributed by atoms with Gasteiger partial charge in [-0.05, 0) is 61.5 Å². The van der Waals surface area contributed by atoms with Gasteiger partial charge in [0.1, 0.15) is 5.75 Å². The molecule has 0 atom stereocenters. The largest absolute Gasteiger partial charge is 0.495 e. The van der Waals surface area contributed by atoms with Gasteiger partial charge in [0.15, 0.2) is 0 Å². The molecule has 0 radical (unpaired) electrons. The summed E-state index contributed by atoms with van der Waals surface area (Å²) in [6, 6.07) is 20.9. The Morgan fingerprint density at radius 1 is 0.857 bits per heavy atom. The molecule has 42 heavy (non-hydrogen) atoms. The number of piperazine rings is 1. The van der Waals surface area contributed by atoms with Crippen LogP contribution in [0.5, 0.6) is 5.75 Å². The van der Waals surface area contributed by atoms with E-state index in [9.17, 15) is 9.59 Å². The zero-order chi connectivity index (χ0) is 29.3. The van der Waals surface area contributed by atoms with Gasteiger partial charge in [-0.25, -0.2) is 0 Å². The van der Waals surface area contributed by atoms with E-state index in [4.69, 9.17) is 9.47 Å². The van der Waals surface area contributed by atoms with E-state index in [2.05, 4.69) is 47.3 Å². The summed E-state index contributed by atoms with van der Waals surface area (Å²) in [6.45, 7) is 7.97.